The summed E-state index contributed by atoms with van der Waals surface area (Å²) in [5.74, 6) is 0. The van der Waals surface area contributed by atoms with Crippen LogP contribution < -0.4 is 10.6 Å². The van der Waals surface area contributed by atoms with Crippen molar-refractivity contribution in [2.45, 2.75) is 75.7 Å². The van der Waals surface area contributed by atoms with E-state index >= 15 is 0 Å². The molecule has 2 aliphatic heterocycles. The van der Waals surface area contributed by atoms with Gasteiger partial charge < -0.3 is 15.4 Å². The van der Waals surface area contributed by atoms with Gasteiger partial charge in [-0.3, -0.25) is 0 Å². The van der Waals surface area contributed by atoms with Crippen LogP contribution in [0.3, 0.4) is 0 Å². The fourth-order valence-electron chi connectivity index (χ4n) is 3.43. The molecule has 4 heteroatoms. The first-order chi connectivity index (χ1) is 8.31. The van der Waals surface area contributed by atoms with E-state index in [0.29, 0.717) is 12.1 Å². The zero-order chi connectivity index (χ0) is 11.7. The lowest BCUT2D eigenvalue weighted by Gasteiger charge is -2.25. The maximum absolute atomic E-state index is 11.9. The number of rotatable bonds is 2. The second kappa shape index (κ2) is 4.84. The number of hydrogen-bond acceptors (Lipinski definition) is 2. The molecule has 0 spiro atoms. The molecule has 2 saturated heterocycles. The molecule has 3 rings (SSSR count). The van der Waals surface area contributed by atoms with Crippen LogP contribution in [0, 0.1) is 0 Å². The van der Waals surface area contributed by atoms with Crippen molar-refractivity contribution >= 4 is 6.03 Å². The van der Waals surface area contributed by atoms with Gasteiger partial charge in [0.2, 0.25) is 0 Å². The first-order valence-electron chi connectivity index (χ1n) is 7.04. The highest BCUT2D eigenvalue weighted by Gasteiger charge is 2.41. The standard InChI is InChI=1S/C13H22N2O2/c16-13(14-9-4-2-1-3-5-9)15-11-8-10-6-7-12(11)17-10/h9-12H,1-8H2,(H2,14,15,16). The molecule has 2 bridgehead atoms. The Kier molecular flexibility index (Phi) is 3.23. The minimum absolute atomic E-state index is 0.0121. The maximum Gasteiger partial charge on any atom is 0.315 e. The summed E-state index contributed by atoms with van der Waals surface area (Å²) >= 11 is 0. The number of ether oxygens (including phenoxy) is 1. The van der Waals surface area contributed by atoms with Crippen molar-refractivity contribution < 1.29 is 9.53 Å². The van der Waals surface area contributed by atoms with Crippen LogP contribution in [-0.2, 0) is 4.74 Å². The molecule has 2 amide bonds. The molecule has 96 valence electrons. The summed E-state index contributed by atoms with van der Waals surface area (Å²) < 4.78 is 5.73. The Bertz CT molecular complexity index is 289. The zero-order valence-electron chi connectivity index (χ0n) is 10.3. The van der Waals surface area contributed by atoms with Gasteiger partial charge in [-0.1, -0.05) is 19.3 Å². The lowest BCUT2D eigenvalue weighted by molar-refractivity contribution is 0.0980. The number of hydrogen-bond donors (Lipinski definition) is 2. The average Bonchev–Trinajstić information content (AvgIpc) is 2.92. The average molecular weight is 238 g/mol. The van der Waals surface area contributed by atoms with E-state index in [1.54, 1.807) is 0 Å². The van der Waals surface area contributed by atoms with E-state index in [-0.39, 0.29) is 18.2 Å². The fraction of sp³-hybridized carbons (Fsp3) is 0.923. The van der Waals surface area contributed by atoms with E-state index in [2.05, 4.69) is 10.6 Å². The molecule has 0 aromatic rings. The number of carbonyl (C=O) groups is 1. The predicted octanol–water partition coefficient (Wildman–Crippen LogP) is 1.94. The summed E-state index contributed by atoms with van der Waals surface area (Å²) in [4.78, 5) is 11.9. The summed E-state index contributed by atoms with van der Waals surface area (Å²) in [5.41, 5.74) is 0. The first-order valence-corrected chi connectivity index (χ1v) is 7.04. The summed E-state index contributed by atoms with van der Waals surface area (Å²) in [6.45, 7) is 0. The van der Waals surface area contributed by atoms with Crippen LogP contribution in [0.2, 0.25) is 0 Å². The molecule has 17 heavy (non-hydrogen) atoms. The van der Waals surface area contributed by atoms with Gasteiger partial charge in [0.1, 0.15) is 0 Å². The fourth-order valence-corrected chi connectivity index (χ4v) is 3.43. The minimum Gasteiger partial charge on any atom is -0.373 e. The van der Waals surface area contributed by atoms with Gasteiger partial charge in [-0.2, -0.15) is 0 Å². The highest BCUT2D eigenvalue weighted by molar-refractivity contribution is 5.74. The van der Waals surface area contributed by atoms with Gasteiger partial charge in [0.15, 0.2) is 0 Å². The Morgan fingerprint density at radius 2 is 1.82 bits per heavy atom. The predicted molar refractivity (Wildman–Crippen MR) is 64.8 cm³/mol. The van der Waals surface area contributed by atoms with Crippen molar-refractivity contribution in [3.8, 4) is 0 Å². The first kappa shape index (κ1) is 11.3. The molecule has 3 unspecified atom stereocenters. The van der Waals surface area contributed by atoms with E-state index in [0.717, 1.165) is 25.7 Å². The molecule has 2 heterocycles. The van der Waals surface area contributed by atoms with Crippen LogP contribution in [-0.4, -0.2) is 30.3 Å². The van der Waals surface area contributed by atoms with Crippen molar-refractivity contribution in [1.82, 2.24) is 10.6 Å². The summed E-state index contributed by atoms with van der Waals surface area (Å²) in [5, 5.41) is 6.18. The quantitative estimate of drug-likeness (QED) is 0.772. The lowest BCUT2D eigenvalue weighted by Crippen LogP contribution is -2.49. The topological polar surface area (TPSA) is 50.4 Å². The number of fused-ring (bicyclic) bond motifs is 2. The van der Waals surface area contributed by atoms with E-state index in [4.69, 9.17) is 4.74 Å². The second-order valence-electron chi connectivity index (χ2n) is 5.67. The Labute approximate surface area is 102 Å². The van der Waals surface area contributed by atoms with Crippen LogP contribution in [0.5, 0.6) is 0 Å². The van der Waals surface area contributed by atoms with Crippen molar-refractivity contribution in [3.63, 3.8) is 0 Å². The molecule has 3 aliphatic rings. The van der Waals surface area contributed by atoms with Crippen molar-refractivity contribution in [2.24, 2.45) is 0 Å². The maximum atomic E-state index is 11.9. The SMILES string of the molecule is O=C(NC1CCCCC1)NC1CC2CCC1O2. The van der Waals surface area contributed by atoms with E-state index < -0.39 is 0 Å². The van der Waals surface area contributed by atoms with E-state index in [1.807, 2.05) is 0 Å². The van der Waals surface area contributed by atoms with Gasteiger partial charge in [0, 0.05) is 6.04 Å². The van der Waals surface area contributed by atoms with Crippen molar-refractivity contribution in [3.05, 3.63) is 0 Å². The summed E-state index contributed by atoms with van der Waals surface area (Å²) in [6.07, 6.45) is 10.1. The van der Waals surface area contributed by atoms with Crippen LogP contribution >= 0.6 is 0 Å². The Hall–Kier alpha value is -0.770. The highest BCUT2D eigenvalue weighted by Crippen LogP contribution is 2.34. The Morgan fingerprint density at radius 3 is 2.47 bits per heavy atom. The largest absolute Gasteiger partial charge is 0.373 e. The molecular weight excluding hydrogens is 216 g/mol. The number of amides is 2. The molecule has 4 nitrogen and oxygen atoms in total. The Morgan fingerprint density at radius 1 is 1.00 bits per heavy atom. The second-order valence-corrected chi connectivity index (χ2v) is 5.67. The van der Waals surface area contributed by atoms with Crippen LogP contribution in [0.25, 0.3) is 0 Å². The normalized spacial score (nSPS) is 37.1. The third-order valence-corrected chi connectivity index (χ3v) is 4.36. The van der Waals surface area contributed by atoms with Crippen molar-refractivity contribution in [1.29, 1.82) is 0 Å². The molecule has 1 aliphatic carbocycles. The van der Waals surface area contributed by atoms with Gasteiger partial charge in [0.25, 0.3) is 0 Å². The third-order valence-electron chi connectivity index (χ3n) is 4.36. The molecule has 3 fully saturated rings. The smallest absolute Gasteiger partial charge is 0.315 e. The van der Waals surface area contributed by atoms with E-state index in [1.165, 1.54) is 25.7 Å². The van der Waals surface area contributed by atoms with Gasteiger partial charge in [-0.25, -0.2) is 4.79 Å². The minimum atomic E-state index is 0.0121. The zero-order valence-corrected chi connectivity index (χ0v) is 10.3. The summed E-state index contributed by atoms with van der Waals surface area (Å²) in [7, 11) is 0. The number of carbonyl (C=O) groups excluding carboxylic acids is 1. The summed E-state index contributed by atoms with van der Waals surface area (Å²) in [6, 6.07) is 0.652. The van der Waals surface area contributed by atoms with Crippen molar-refractivity contribution in [2.75, 3.05) is 0 Å². The number of nitrogens with one attached hydrogen (secondary N) is 2. The van der Waals surface area contributed by atoms with E-state index in [9.17, 15) is 4.79 Å². The molecular formula is C13H22N2O2. The third kappa shape index (κ3) is 2.57. The van der Waals surface area contributed by atoms with Crippen LogP contribution in [0.15, 0.2) is 0 Å². The highest BCUT2D eigenvalue weighted by atomic mass is 16.5. The van der Waals surface area contributed by atoms with Gasteiger partial charge in [0.05, 0.1) is 18.2 Å². The molecule has 3 atom stereocenters. The lowest BCUT2D eigenvalue weighted by atomic mass is 9.95. The molecule has 0 radical (unpaired) electrons. The van der Waals surface area contributed by atoms with Gasteiger partial charge in [-0.15, -0.1) is 0 Å². The Balaban J connectivity index is 1.44. The molecule has 0 aromatic heterocycles. The number of urea groups is 1. The van der Waals surface area contributed by atoms with Crippen LogP contribution in [0.4, 0.5) is 4.79 Å². The van der Waals surface area contributed by atoms with Gasteiger partial charge >= 0.3 is 6.03 Å². The molecule has 0 aromatic carbocycles. The van der Waals surface area contributed by atoms with Gasteiger partial charge in [-0.05, 0) is 32.1 Å². The molecule has 2 N–H and O–H groups in total. The monoisotopic (exact) mass is 238 g/mol. The van der Waals surface area contributed by atoms with Crippen LogP contribution in [0.1, 0.15) is 51.4 Å². The molecule has 1 saturated carbocycles.